The van der Waals surface area contributed by atoms with Gasteiger partial charge in [0.05, 0.1) is 5.56 Å². The van der Waals surface area contributed by atoms with E-state index >= 15 is 0 Å². The average molecular weight is 600 g/mol. The quantitative estimate of drug-likeness (QED) is 0.385. The second-order valence-electron chi connectivity index (χ2n) is 13.2. The lowest BCUT2D eigenvalue weighted by molar-refractivity contribution is -0.124. The summed E-state index contributed by atoms with van der Waals surface area (Å²) in [5, 5.41) is 6.46. The molecule has 2 amide bonds. The van der Waals surface area contributed by atoms with Gasteiger partial charge in [-0.15, -0.1) is 12.4 Å². The van der Waals surface area contributed by atoms with Crippen LogP contribution in [0.15, 0.2) is 54.6 Å². The Morgan fingerprint density at radius 2 is 1.43 bits per heavy atom. The number of halogens is 1. The number of benzene rings is 2. The average Bonchev–Trinajstić information content (AvgIpc) is 2.92. The fraction of sp³-hybridized carbons (Fsp3) is 0.545. The number of carbonyl (C=O) groups is 3. The smallest absolute Gasteiger partial charge is 0.411 e. The van der Waals surface area contributed by atoms with Crippen molar-refractivity contribution < 1.29 is 23.9 Å². The molecular formula is C33H46ClN3O5. The maximum Gasteiger partial charge on any atom is 0.411 e. The molecule has 42 heavy (non-hydrogen) atoms. The van der Waals surface area contributed by atoms with Crippen LogP contribution in [0.2, 0.25) is 0 Å². The van der Waals surface area contributed by atoms with Crippen LogP contribution < -0.4 is 10.6 Å². The van der Waals surface area contributed by atoms with Crippen LogP contribution in [-0.4, -0.2) is 59.7 Å². The molecule has 0 spiro atoms. The Kier molecular flexibility index (Phi) is 11.1. The van der Waals surface area contributed by atoms with Gasteiger partial charge < -0.3 is 20.1 Å². The third-order valence-electron chi connectivity index (χ3n) is 7.67. The Labute approximate surface area is 256 Å². The van der Waals surface area contributed by atoms with Crippen LogP contribution in [0.3, 0.4) is 0 Å². The maximum atomic E-state index is 14.1. The Morgan fingerprint density at radius 1 is 0.833 bits per heavy atom. The van der Waals surface area contributed by atoms with E-state index in [2.05, 4.69) is 10.6 Å². The molecule has 230 valence electrons. The van der Waals surface area contributed by atoms with Crippen molar-refractivity contribution in [1.29, 1.82) is 0 Å². The molecule has 2 saturated heterocycles. The summed E-state index contributed by atoms with van der Waals surface area (Å²) in [5.41, 5.74) is 0.672. The number of nitrogens with one attached hydrogen (secondary N) is 2. The molecule has 3 atom stereocenters. The lowest BCUT2D eigenvalue weighted by Crippen LogP contribution is -2.58. The van der Waals surface area contributed by atoms with E-state index in [0.717, 1.165) is 37.9 Å². The maximum absolute atomic E-state index is 14.1. The van der Waals surface area contributed by atoms with Crippen LogP contribution in [0.25, 0.3) is 0 Å². The minimum atomic E-state index is -0.754. The molecule has 9 heteroatoms. The number of ether oxygens (including phenoxy) is 2. The van der Waals surface area contributed by atoms with E-state index in [9.17, 15) is 14.4 Å². The lowest BCUT2D eigenvalue weighted by atomic mass is 9.72. The predicted octanol–water partition coefficient (Wildman–Crippen LogP) is 6.41. The molecule has 3 unspecified atom stereocenters. The molecular weight excluding hydrogens is 554 g/mol. The molecule has 8 nitrogen and oxygen atoms in total. The van der Waals surface area contributed by atoms with Crippen molar-refractivity contribution in [3.63, 3.8) is 0 Å². The van der Waals surface area contributed by atoms with Gasteiger partial charge in [-0.2, -0.15) is 0 Å². The van der Waals surface area contributed by atoms with Gasteiger partial charge in [0.25, 0.3) is 0 Å². The van der Waals surface area contributed by atoms with Crippen LogP contribution in [0.1, 0.15) is 82.6 Å². The zero-order chi connectivity index (χ0) is 29.8. The van der Waals surface area contributed by atoms with Gasteiger partial charge in [0.15, 0.2) is 0 Å². The number of anilines is 1. The molecule has 2 aromatic carbocycles. The Hall–Kier alpha value is -3.10. The van der Waals surface area contributed by atoms with Crippen LogP contribution in [-0.2, 0) is 14.3 Å². The summed E-state index contributed by atoms with van der Waals surface area (Å²) < 4.78 is 11.3. The first-order valence-corrected chi connectivity index (χ1v) is 14.7. The van der Waals surface area contributed by atoms with Crippen LogP contribution >= 0.6 is 12.4 Å². The van der Waals surface area contributed by atoms with E-state index in [1.807, 2.05) is 71.9 Å². The summed E-state index contributed by atoms with van der Waals surface area (Å²) in [6.07, 6.45) is 2.44. The van der Waals surface area contributed by atoms with Crippen molar-refractivity contribution in [3.05, 3.63) is 65.7 Å². The number of nitrogens with zero attached hydrogens (tertiary/aromatic N) is 1. The fourth-order valence-corrected chi connectivity index (χ4v) is 5.86. The van der Waals surface area contributed by atoms with E-state index in [4.69, 9.17) is 9.47 Å². The van der Waals surface area contributed by atoms with Gasteiger partial charge in [-0.3, -0.25) is 9.69 Å². The monoisotopic (exact) mass is 599 g/mol. The third-order valence-corrected chi connectivity index (χ3v) is 7.67. The Morgan fingerprint density at radius 3 is 2.00 bits per heavy atom. The van der Waals surface area contributed by atoms with E-state index in [1.165, 1.54) is 0 Å². The molecule has 2 aromatic rings. The summed E-state index contributed by atoms with van der Waals surface area (Å²) in [7, 11) is 0. The number of likely N-dealkylation sites (tertiary alicyclic amines) is 1. The van der Waals surface area contributed by atoms with Crippen molar-refractivity contribution in [2.24, 2.45) is 11.8 Å². The van der Waals surface area contributed by atoms with Gasteiger partial charge in [0.2, 0.25) is 5.91 Å². The van der Waals surface area contributed by atoms with Gasteiger partial charge >= 0.3 is 12.1 Å². The minimum absolute atomic E-state index is 0. The molecule has 2 fully saturated rings. The standard InChI is InChI=1S/C33H45N3O5.ClH/c1-32(2,3)40-30(38)24-12-14-26(15-13-24)35-29(37)28-27(23-10-8-7-9-11-23)20-25(22-16-18-34-19-17-22)21-36(28)31(39)41-33(4,5)6;/h7-15,22,25,27-28,34H,16-21H2,1-6H3,(H,35,37);1H. The number of esters is 1. The highest BCUT2D eigenvalue weighted by Crippen LogP contribution is 2.41. The highest BCUT2D eigenvalue weighted by molar-refractivity contribution is 5.98. The first-order valence-electron chi connectivity index (χ1n) is 14.7. The second kappa shape index (κ2) is 13.9. The lowest BCUT2D eigenvalue weighted by Gasteiger charge is -2.46. The summed E-state index contributed by atoms with van der Waals surface area (Å²) in [5.74, 6) is -0.174. The molecule has 0 bridgehead atoms. The van der Waals surface area contributed by atoms with E-state index in [1.54, 1.807) is 29.2 Å². The topological polar surface area (TPSA) is 97.0 Å². The highest BCUT2D eigenvalue weighted by Gasteiger charge is 2.46. The largest absolute Gasteiger partial charge is 0.456 e. The normalized spacial score (nSPS) is 21.6. The number of hydrogen-bond acceptors (Lipinski definition) is 6. The van der Waals surface area contributed by atoms with Crippen molar-refractivity contribution in [3.8, 4) is 0 Å². The Bertz CT molecular complexity index is 1200. The summed E-state index contributed by atoms with van der Waals surface area (Å²) in [6, 6.07) is 15.9. The predicted molar refractivity (Wildman–Crippen MR) is 167 cm³/mol. The zero-order valence-electron chi connectivity index (χ0n) is 25.6. The van der Waals surface area contributed by atoms with E-state index in [0.29, 0.717) is 23.7 Å². The van der Waals surface area contributed by atoms with Crippen LogP contribution in [0, 0.1) is 11.8 Å². The molecule has 2 aliphatic rings. The molecule has 0 radical (unpaired) electrons. The van der Waals surface area contributed by atoms with Crippen LogP contribution in [0.4, 0.5) is 10.5 Å². The van der Waals surface area contributed by atoms with E-state index in [-0.39, 0.29) is 30.2 Å². The zero-order valence-corrected chi connectivity index (χ0v) is 26.5. The summed E-state index contributed by atoms with van der Waals surface area (Å²) >= 11 is 0. The van der Waals surface area contributed by atoms with Gasteiger partial charge in [0, 0.05) is 18.2 Å². The van der Waals surface area contributed by atoms with Crippen molar-refractivity contribution in [1.82, 2.24) is 10.2 Å². The molecule has 2 heterocycles. The Balaban J connectivity index is 0.00000484. The van der Waals surface area contributed by atoms with Gasteiger partial charge in [-0.1, -0.05) is 30.3 Å². The SMILES string of the molecule is CC(C)(C)OC(=O)c1ccc(NC(=O)C2C(c3ccccc3)CC(C3CCNCC3)CN2C(=O)OC(C)(C)C)cc1.Cl. The van der Waals surface area contributed by atoms with Crippen molar-refractivity contribution in [2.75, 3.05) is 25.0 Å². The van der Waals surface area contributed by atoms with Gasteiger partial charge in [-0.05, 0) is 116 Å². The first-order chi connectivity index (χ1) is 19.3. The summed E-state index contributed by atoms with van der Waals surface area (Å²) in [4.78, 5) is 41.9. The fourth-order valence-electron chi connectivity index (χ4n) is 5.86. The van der Waals surface area contributed by atoms with Gasteiger partial charge in [-0.25, -0.2) is 9.59 Å². The number of carbonyl (C=O) groups excluding carboxylic acids is 3. The molecule has 0 saturated carbocycles. The second-order valence-corrected chi connectivity index (χ2v) is 13.2. The van der Waals surface area contributed by atoms with Crippen LogP contribution in [0.5, 0.6) is 0 Å². The molecule has 2 aliphatic heterocycles. The highest BCUT2D eigenvalue weighted by atomic mass is 35.5. The summed E-state index contributed by atoms with van der Waals surface area (Å²) in [6.45, 7) is 13.4. The third kappa shape index (κ3) is 8.95. The number of hydrogen-bond donors (Lipinski definition) is 2. The number of piperidine rings is 2. The molecule has 0 aromatic heterocycles. The van der Waals surface area contributed by atoms with Gasteiger partial charge in [0.1, 0.15) is 17.2 Å². The van der Waals surface area contributed by atoms with E-state index < -0.39 is 29.3 Å². The van der Waals surface area contributed by atoms with Crippen molar-refractivity contribution in [2.45, 2.75) is 84.0 Å². The molecule has 4 rings (SSSR count). The molecule has 2 N–H and O–H groups in total. The first kappa shape index (κ1) is 33.4. The van der Waals surface area contributed by atoms with Crippen molar-refractivity contribution >= 4 is 36.1 Å². The minimum Gasteiger partial charge on any atom is -0.456 e. The number of amides is 2. The number of rotatable bonds is 5. The molecule has 0 aliphatic carbocycles.